The highest BCUT2D eigenvalue weighted by Crippen LogP contribution is 2.52. The molecule has 1 unspecified atom stereocenters. The summed E-state index contributed by atoms with van der Waals surface area (Å²) in [5.41, 5.74) is 3.81. The van der Waals surface area contributed by atoms with Crippen molar-refractivity contribution in [2.45, 2.75) is 79.1 Å². The molecule has 0 aliphatic heterocycles. The largest absolute Gasteiger partial charge is 0.510 e. The van der Waals surface area contributed by atoms with Gasteiger partial charge in [0, 0.05) is 43.2 Å². The van der Waals surface area contributed by atoms with Crippen LogP contribution >= 0.6 is 0 Å². The molecule has 11 nitrogen and oxygen atoms in total. The SMILES string of the molecule is CN(C)C1C(O)=C(C(N)=O)C(=O)[C@@]2(O)C(O)=C3C(=O)c4c(O)c(CNCC(C)(C)C)cc(CNCC(C)(C)C)c4C[C@H]3C[C@@H]12. The fourth-order valence-electron chi connectivity index (χ4n) is 6.89. The van der Waals surface area contributed by atoms with E-state index in [0.717, 1.165) is 5.56 Å². The normalized spacial score (nSPS) is 25.7. The molecule has 4 atom stereocenters. The van der Waals surface area contributed by atoms with Crippen LogP contribution in [0.5, 0.6) is 5.75 Å². The number of nitrogens with zero attached hydrogens (tertiary/aromatic N) is 1. The molecule has 4 rings (SSSR count). The van der Waals surface area contributed by atoms with Crippen molar-refractivity contribution in [3.63, 3.8) is 0 Å². The Kier molecular flexibility index (Phi) is 8.86. The number of aliphatic hydroxyl groups excluding tert-OH is 2. The predicted octanol–water partition coefficient (Wildman–Crippen LogP) is 2.39. The van der Waals surface area contributed by atoms with Gasteiger partial charge >= 0.3 is 0 Å². The van der Waals surface area contributed by atoms with Gasteiger partial charge in [-0.1, -0.05) is 41.5 Å². The average Bonchev–Trinajstić information content (AvgIpc) is 2.86. The van der Waals surface area contributed by atoms with E-state index >= 15 is 0 Å². The Hall–Kier alpha value is -3.25. The molecule has 8 N–H and O–H groups in total. The second-order valence-corrected chi connectivity index (χ2v) is 15.2. The number of phenols is 1. The van der Waals surface area contributed by atoms with E-state index in [0.29, 0.717) is 37.3 Å². The number of carbonyl (C=O) groups excluding carboxylic acids is 3. The highest BCUT2D eigenvalue weighted by molar-refractivity contribution is 6.24. The fraction of sp³-hybridized carbons (Fsp3) is 0.606. The van der Waals surface area contributed by atoms with Crippen LogP contribution in [-0.2, 0) is 29.1 Å². The molecule has 3 aliphatic carbocycles. The summed E-state index contributed by atoms with van der Waals surface area (Å²) in [6.45, 7) is 14.7. The molecule has 0 fully saturated rings. The second kappa shape index (κ2) is 11.6. The zero-order valence-corrected chi connectivity index (χ0v) is 27.1. The lowest BCUT2D eigenvalue weighted by Gasteiger charge is -2.50. The van der Waals surface area contributed by atoms with E-state index < -0.39 is 58.0 Å². The molecule has 0 heterocycles. The van der Waals surface area contributed by atoms with Gasteiger partial charge in [0.05, 0.1) is 11.6 Å². The van der Waals surface area contributed by atoms with Gasteiger partial charge in [0.1, 0.15) is 22.8 Å². The number of carbonyl (C=O) groups is 3. The third kappa shape index (κ3) is 5.90. The first-order valence-electron chi connectivity index (χ1n) is 15.1. The summed E-state index contributed by atoms with van der Waals surface area (Å²) < 4.78 is 0. The molecule has 11 heteroatoms. The maximum Gasteiger partial charge on any atom is 0.255 e. The molecule has 44 heavy (non-hydrogen) atoms. The number of likely N-dealkylation sites (N-methyl/N-ethyl adjacent to an activating group) is 1. The minimum absolute atomic E-state index is 0.00736. The molecule has 1 aromatic rings. The summed E-state index contributed by atoms with van der Waals surface area (Å²) in [4.78, 5) is 41.6. The Balaban J connectivity index is 1.87. The Labute approximate surface area is 259 Å². The molecule has 0 radical (unpaired) electrons. The first kappa shape index (κ1) is 33.6. The molecule has 3 aliphatic rings. The first-order chi connectivity index (χ1) is 20.2. The number of benzene rings is 1. The Morgan fingerprint density at radius 3 is 2.05 bits per heavy atom. The molecule has 0 saturated carbocycles. The summed E-state index contributed by atoms with van der Waals surface area (Å²) in [5.74, 6) is -6.51. The van der Waals surface area contributed by atoms with Crippen LogP contribution in [0.4, 0.5) is 0 Å². The van der Waals surface area contributed by atoms with E-state index in [1.165, 1.54) is 0 Å². The molecular formula is C33H48N4O7. The number of phenolic OH excluding ortho intramolecular Hbond substituents is 1. The van der Waals surface area contributed by atoms with Crippen molar-refractivity contribution in [1.82, 2.24) is 15.5 Å². The molecule has 0 aromatic heterocycles. The van der Waals surface area contributed by atoms with Gasteiger partial charge in [0.25, 0.3) is 5.91 Å². The molecule has 0 bridgehead atoms. The number of hydrogen-bond acceptors (Lipinski definition) is 10. The van der Waals surface area contributed by atoms with Gasteiger partial charge in [0.15, 0.2) is 11.4 Å². The molecule has 1 aromatic carbocycles. The van der Waals surface area contributed by atoms with Crippen molar-refractivity contribution >= 4 is 17.5 Å². The minimum Gasteiger partial charge on any atom is -0.510 e. The number of nitrogens with one attached hydrogen (secondary N) is 2. The Morgan fingerprint density at radius 1 is 1.00 bits per heavy atom. The summed E-state index contributed by atoms with van der Waals surface area (Å²) in [6.07, 6.45) is 0.306. The maximum atomic E-state index is 14.3. The second-order valence-electron chi connectivity index (χ2n) is 15.2. The van der Waals surface area contributed by atoms with Crippen LogP contribution in [0.25, 0.3) is 0 Å². The van der Waals surface area contributed by atoms with Crippen molar-refractivity contribution in [3.05, 3.63) is 51.0 Å². The van der Waals surface area contributed by atoms with Crippen LogP contribution in [0, 0.1) is 22.7 Å². The highest BCUT2D eigenvalue weighted by Gasteiger charge is 2.63. The lowest BCUT2D eigenvalue weighted by molar-refractivity contribution is -0.148. The Bertz CT molecular complexity index is 1450. The number of hydrogen-bond donors (Lipinski definition) is 7. The number of aliphatic hydroxyl groups is 3. The van der Waals surface area contributed by atoms with Gasteiger partial charge in [0.2, 0.25) is 5.78 Å². The van der Waals surface area contributed by atoms with Crippen LogP contribution in [0.1, 0.15) is 75.0 Å². The quantitative estimate of drug-likeness (QED) is 0.215. The van der Waals surface area contributed by atoms with Crippen LogP contribution in [-0.4, -0.2) is 81.6 Å². The van der Waals surface area contributed by atoms with Gasteiger partial charge < -0.3 is 36.8 Å². The molecule has 0 spiro atoms. The monoisotopic (exact) mass is 612 g/mol. The van der Waals surface area contributed by atoms with E-state index in [1.54, 1.807) is 19.0 Å². The van der Waals surface area contributed by atoms with Gasteiger partial charge in [-0.05, 0) is 60.9 Å². The van der Waals surface area contributed by atoms with Gasteiger partial charge in [-0.25, -0.2) is 0 Å². The van der Waals surface area contributed by atoms with E-state index in [4.69, 9.17) is 5.73 Å². The number of Topliss-reactive ketones (excluding diaryl/α,β-unsaturated/α-hetero) is 2. The van der Waals surface area contributed by atoms with Crippen molar-refractivity contribution in [1.29, 1.82) is 0 Å². The number of allylic oxidation sites excluding steroid dienone is 1. The van der Waals surface area contributed by atoms with Crippen LogP contribution in [0.3, 0.4) is 0 Å². The lowest BCUT2D eigenvalue weighted by atomic mass is 9.58. The van der Waals surface area contributed by atoms with Crippen LogP contribution < -0.4 is 16.4 Å². The van der Waals surface area contributed by atoms with E-state index in [2.05, 4.69) is 52.2 Å². The zero-order chi connectivity index (χ0) is 33.1. The van der Waals surface area contributed by atoms with Gasteiger partial charge in [-0.3, -0.25) is 19.3 Å². The number of ketones is 2. The standard InChI is InChI=1S/C33H48N4O7/c1-31(2,3)14-35-12-17-9-18(13-36-15-32(4,5)6)25(38)22-19(17)10-16-11-20-24(37(7)8)27(40)23(30(34)43)29(42)33(20,44)28(41)21(16)26(22)39/h9,16,20,24,35-36,38,40-41,44H,10-15H2,1-8H3,(H2,34,43)/t16-,20-,24?,33-/m0/s1. The number of fused-ring (bicyclic) bond motifs is 3. The van der Waals surface area contributed by atoms with Gasteiger partial charge in [-0.15, -0.1) is 0 Å². The third-order valence-corrected chi connectivity index (χ3v) is 8.84. The zero-order valence-electron chi connectivity index (χ0n) is 27.1. The minimum atomic E-state index is -2.66. The summed E-state index contributed by atoms with van der Waals surface area (Å²) in [6, 6.07) is 0.874. The number of nitrogens with two attached hydrogens (primary N) is 1. The molecule has 0 saturated heterocycles. The number of aromatic hydroxyl groups is 1. The maximum absolute atomic E-state index is 14.3. The van der Waals surface area contributed by atoms with E-state index in [9.17, 15) is 34.8 Å². The first-order valence-corrected chi connectivity index (χ1v) is 15.1. The number of rotatable bonds is 8. The fourth-order valence-corrected chi connectivity index (χ4v) is 6.89. The topological polar surface area (TPSA) is 185 Å². The van der Waals surface area contributed by atoms with Crippen LogP contribution in [0.2, 0.25) is 0 Å². The van der Waals surface area contributed by atoms with Crippen molar-refractivity contribution in [2.24, 2.45) is 28.4 Å². The number of amides is 1. The van der Waals surface area contributed by atoms with E-state index in [-0.39, 0.29) is 40.6 Å². The summed E-state index contributed by atoms with van der Waals surface area (Å²) in [7, 11) is 3.22. The summed E-state index contributed by atoms with van der Waals surface area (Å²) >= 11 is 0. The molecular weight excluding hydrogens is 564 g/mol. The van der Waals surface area contributed by atoms with E-state index in [1.807, 2.05) is 6.07 Å². The smallest absolute Gasteiger partial charge is 0.255 e. The predicted molar refractivity (Wildman–Crippen MR) is 166 cm³/mol. The van der Waals surface area contributed by atoms with Crippen LogP contribution in [0.15, 0.2) is 28.7 Å². The van der Waals surface area contributed by atoms with Crippen molar-refractivity contribution < 1.29 is 34.8 Å². The van der Waals surface area contributed by atoms with Crippen molar-refractivity contribution in [2.75, 3.05) is 27.2 Å². The Morgan fingerprint density at radius 2 is 1.55 bits per heavy atom. The number of primary amides is 1. The lowest BCUT2D eigenvalue weighted by Crippen LogP contribution is -2.63. The molecule has 1 amide bonds. The third-order valence-electron chi connectivity index (χ3n) is 8.84. The molecule has 242 valence electrons. The summed E-state index contributed by atoms with van der Waals surface area (Å²) in [5, 5.41) is 52.8. The average molecular weight is 613 g/mol. The van der Waals surface area contributed by atoms with Crippen molar-refractivity contribution in [3.8, 4) is 5.75 Å². The van der Waals surface area contributed by atoms with Gasteiger partial charge in [-0.2, -0.15) is 0 Å². The highest BCUT2D eigenvalue weighted by atomic mass is 16.3.